The SMILES string of the molecule is N#CC1(C(=O)O)CC12CCC(c1ccnc3ccc(F)cc13)CC2. The van der Waals surface area contributed by atoms with E-state index in [1.54, 1.807) is 12.3 Å². The lowest BCUT2D eigenvalue weighted by Gasteiger charge is -2.31. The normalized spacial score (nSPS) is 31.8. The Balaban J connectivity index is 1.61. The Labute approximate surface area is 138 Å². The van der Waals surface area contributed by atoms with Gasteiger partial charge in [0, 0.05) is 17.0 Å². The van der Waals surface area contributed by atoms with Gasteiger partial charge in [0.25, 0.3) is 0 Å². The Morgan fingerprint density at radius 1 is 1.33 bits per heavy atom. The Bertz CT molecular complexity index is 881. The van der Waals surface area contributed by atoms with Gasteiger partial charge in [-0.2, -0.15) is 5.26 Å². The molecule has 5 heteroatoms. The van der Waals surface area contributed by atoms with Crippen LogP contribution in [-0.2, 0) is 4.79 Å². The molecule has 1 aromatic carbocycles. The van der Waals surface area contributed by atoms with Gasteiger partial charge in [0.1, 0.15) is 5.82 Å². The third-order valence-electron chi connectivity index (χ3n) is 6.06. The summed E-state index contributed by atoms with van der Waals surface area (Å²) < 4.78 is 13.6. The van der Waals surface area contributed by atoms with Gasteiger partial charge in [0.05, 0.1) is 11.6 Å². The van der Waals surface area contributed by atoms with Crippen molar-refractivity contribution in [1.29, 1.82) is 5.26 Å². The maximum absolute atomic E-state index is 13.6. The smallest absolute Gasteiger partial charge is 0.324 e. The monoisotopic (exact) mass is 324 g/mol. The number of carboxylic acids is 1. The number of fused-ring (bicyclic) bond motifs is 1. The highest BCUT2D eigenvalue weighted by atomic mass is 19.1. The summed E-state index contributed by atoms with van der Waals surface area (Å²) in [5.74, 6) is -1.01. The molecule has 0 radical (unpaired) electrons. The number of aliphatic carboxylic acids is 1. The van der Waals surface area contributed by atoms with E-state index in [9.17, 15) is 19.6 Å². The van der Waals surface area contributed by atoms with Crippen LogP contribution in [0.25, 0.3) is 10.9 Å². The minimum absolute atomic E-state index is 0.258. The quantitative estimate of drug-likeness (QED) is 0.905. The molecule has 1 spiro atoms. The van der Waals surface area contributed by atoms with Crippen molar-refractivity contribution in [2.75, 3.05) is 0 Å². The van der Waals surface area contributed by atoms with Crippen molar-refractivity contribution in [2.45, 2.75) is 38.0 Å². The molecule has 0 saturated heterocycles. The molecule has 0 aliphatic heterocycles. The fourth-order valence-electron chi connectivity index (χ4n) is 4.55. The molecule has 1 atom stereocenters. The van der Waals surface area contributed by atoms with Gasteiger partial charge < -0.3 is 5.11 Å². The van der Waals surface area contributed by atoms with Gasteiger partial charge in [-0.05, 0) is 67.9 Å². The zero-order valence-electron chi connectivity index (χ0n) is 13.1. The number of nitrogens with zero attached hydrogens (tertiary/aromatic N) is 2. The number of nitriles is 1. The van der Waals surface area contributed by atoms with Gasteiger partial charge in [0.15, 0.2) is 5.41 Å². The third kappa shape index (κ3) is 1.96. The fourth-order valence-corrected chi connectivity index (χ4v) is 4.55. The molecule has 122 valence electrons. The number of carboxylic acid groups (broad SMARTS) is 1. The highest BCUT2D eigenvalue weighted by molar-refractivity contribution is 5.84. The molecule has 2 aromatic rings. The zero-order valence-corrected chi connectivity index (χ0v) is 13.1. The summed E-state index contributed by atoms with van der Waals surface area (Å²) in [6.45, 7) is 0. The second kappa shape index (κ2) is 5.01. The van der Waals surface area contributed by atoms with Gasteiger partial charge in [0.2, 0.25) is 0 Å². The van der Waals surface area contributed by atoms with Crippen molar-refractivity contribution < 1.29 is 14.3 Å². The molecule has 2 aliphatic rings. The number of benzene rings is 1. The first-order chi connectivity index (χ1) is 11.5. The van der Waals surface area contributed by atoms with Gasteiger partial charge in [-0.25, -0.2) is 4.39 Å². The molecule has 24 heavy (non-hydrogen) atoms. The standard InChI is InChI=1S/C19H17FN2O2/c20-13-1-2-16-15(9-13)14(5-8-22-16)12-3-6-18(7-4-12)10-19(18,11-21)17(23)24/h1-2,5,8-9,12H,3-4,6-7,10H2,(H,23,24). The Hall–Kier alpha value is -2.48. The number of rotatable bonds is 2. The predicted octanol–water partition coefficient (Wildman–Crippen LogP) is 4.02. The average Bonchev–Trinajstić information content (AvgIpc) is 3.23. The molecule has 2 aliphatic carbocycles. The van der Waals surface area contributed by atoms with E-state index in [1.165, 1.54) is 12.1 Å². The summed E-state index contributed by atoms with van der Waals surface area (Å²) >= 11 is 0. The number of hydrogen-bond acceptors (Lipinski definition) is 3. The van der Waals surface area contributed by atoms with Gasteiger partial charge >= 0.3 is 5.97 Å². The molecule has 0 amide bonds. The molecule has 2 saturated carbocycles. The Morgan fingerprint density at radius 2 is 2.08 bits per heavy atom. The minimum Gasteiger partial charge on any atom is -0.480 e. The van der Waals surface area contributed by atoms with E-state index in [1.807, 2.05) is 12.1 Å². The summed E-state index contributed by atoms with van der Waals surface area (Å²) in [4.78, 5) is 15.8. The van der Waals surface area contributed by atoms with Crippen LogP contribution in [0.4, 0.5) is 4.39 Å². The van der Waals surface area contributed by atoms with E-state index in [0.717, 1.165) is 42.1 Å². The van der Waals surface area contributed by atoms with Gasteiger partial charge in [-0.3, -0.25) is 9.78 Å². The Kier molecular flexibility index (Phi) is 3.14. The van der Waals surface area contributed by atoms with E-state index in [-0.39, 0.29) is 17.2 Å². The topological polar surface area (TPSA) is 74.0 Å². The number of pyridine rings is 1. The van der Waals surface area contributed by atoms with Crippen LogP contribution in [0.1, 0.15) is 43.6 Å². The first kappa shape index (κ1) is 15.1. The molecule has 1 aromatic heterocycles. The maximum atomic E-state index is 13.6. The van der Waals surface area contributed by atoms with Crippen LogP contribution in [0, 0.1) is 28.0 Å². The zero-order chi connectivity index (χ0) is 16.9. The molecule has 2 fully saturated rings. The third-order valence-corrected chi connectivity index (χ3v) is 6.06. The summed E-state index contributed by atoms with van der Waals surface area (Å²) in [5, 5.41) is 19.6. The highest BCUT2D eigenvalue weighted by Crippen LogP contribution is 2.71. The van der Waals surface area contributed by atoms with Crippen LogP contribution in [0.5, 0.6) is 0 Å². The lowest BCUT2D eigenvalue weighted by Crippen LogP contribution is -2.26. The first-order valence-corrected chi connectivity index (χ1v) is 8.20. The van der Waals surface area contributed by atoms with Gasteiger partial charge in [-0.15, -0.1) is 0 Å². The number of aromatic nitrogens is 1. The largest absolute Gasteiger partial charge is 0.480 e. The van der Waals surface area contributed by atoms with E-state index in [4.69, 9.17) is 0 Å². The molecular weight excluding hydrogens is 307 g/mol. The minimum atomic E-state index is -1.19. The lowest BCUT2D eigenvalue weighted by atomic mass is 9.73. The van der Waals surface area contributed by atoms with Crippen molar-refractivity contribution in [2.24, 2.45) is 10.8 Å². The molecule has 4 rings (SSSR count). The number of hydrogen-bond donors (Lipinski definition) is 1. The van der Waals surface area contributed by atoms with Crippen LogP contribution >= 0.6 is 0 Å². The van der Waals surface area contributed by atoms with E-state index >= 15 is 0 Å². The molecule has 4 nitrogen and oxygen atoms in total. The van der Waals surface area contributed by atoms with E-state index in [2.05, 4.69) is 4.98 Å². The summed E-state index contributed by atoms with van der Waals surface area (Å²) in [7, 11) is 0. The molecule has 1 heterocycles. The average molecular weight is 324 g/mol. The molecule has 1 unspecified atom stereocenters. The number of halogens is 1. The van der Waals surface area contributed by atoms with Crippen LogP contribution in [0.2, 0.25) is 0 Å². The van der Waals surface area contributed by atoms with Crippen molar-refractivity contribution in [3.05, 3.63) is 41.8 Å². The maximum Gasteiger partial charge on any atom is 0.324 e. The van der Waals surface area contributed by atoms with Crippen molar-refractivity contribution in [3.8, 4) is 6.07 Å². The molecule has 1 N–H and O–H groups in total. The van der Waals surface area contributed by atoms with Crippen molar-refractivity contribution >= 4 is 16.9 Å². The molecular formula is C19H17FN2O2. The number of carbonyl (C=O) groups is 1. The van der Waals surface area contributed by atoms with Crippen LogP contribution in [0.15, 0.2) is 30.5 Å². The predicted molar refractivity (Wildman–Crippen MR) is 85.6 cm³/mol. The first-order valence-electron chi connectivity index (χ1n) is 8.20. The second-order valence-corrected chi connectivity index (χ2v) is 7.12. The second-order valence-electron chi connectivity index (χ2n) is 7.12. The fraction of sp³-hybridized carbons (Fsp3) is 0.421. The van der Waals surface area contributed by atoms with Crippen molar-refractivity contribution in [3.63, 3.8) is 0 Å². The van der Waals surface area contributed by atoms with E-state index < -0.39 is 11.4 Å². The van der Waals surface area contributed by atoms with E-state index in [0.29, 0.717) is 6.42 Å². The van der Waals surface area contributed by atoms with Gasteiger partial charge in [-0.1, -0.05) is 0 Å². The van der Waals surface area contributed by atoms with Crippen LogP contribution < -0.4 is 0 Å². The Morgan fingerprint density at radius 3 is 2.71 bits per heavy atom. The summed E-state index contributed by atoms with van der Waals surface area (Å²) in [5.41, 5.74) is 0.299. The van der Waals surface area contributed by atoms with Crippen molar-refractivity contribution in [1.82, 2.24) is 4.98 Å². The molecule has 0 bridgehead atoms. The van der Waals surface area contributed by atoms with Crippen LogP contribution in [0.3, 0.4) is 0 Å². The summed E-state index contributed by atoms with van der Waals surface area (Å²) in [6.07, 6.45) is 5.32. The highest BCUT2D eigenvalue weighted by Gasteiger charge is 2.73. The summed E-state index contributed by atoms with van der Waals surface area (Å²) in [6, 6.07) is 8.60. The van der Waals surface area contributed by atoms with Crippen LogP contribution in [-0.4, -0.2) is 16.1 Å². The lowest BCUT2D eigenvalue weighted by molar-refractivity contribution is -0.142.